The van der Waals surface area contributed by atoms with E-state index in [0.717, 1.165) is 66.4 Å². The molecule has 0 spiro atoms. The highest BCUT2D eigenvalue weighted by atomic mass is 19.1. The number of hydrogen-bond donors (Lipinski definition) is 0. The van der Waals surface area contributed by atoms with Crippen molar-refractivity contribution in [1.29, 1.82) is 0 Å². The van der Waals surface area contributed by atoms with Crippen LogP contribution in [0.1, 0.15) is 11.1 Å². The van der Waals surface area contributed by atoms with Crippen LogP contribution in [0.5, 0.6) is 0 Å². The van der Waals surface area contributed by atoms with E-state index in [1.165, 1.54) is 43.4 Å². The monoisotopic (exact) mass is 758 g/mol. The van der Waals surface area contributed by atoms with Gasteiger partial charge >= 0.3 is 0 Å². The molecule has 0 saturated heterocycles. The first-order valence-corrected chi connectivity index (χ1v) is 20.2. The van der Waals surface area contributed by atoms with Gasteiger partial charge in [-0.1, -0.05) is 114 Å². The van der Waals surface area contributed by atoms with E-state index in [4.69, 9.17) is 0 Å². The van der Waals surface area contributed by atoms with Crippen LogP contribution >= 0.6 is 0 Å². The van der Waals surface area contributed by atoms with Crippen LogP contribution in [0, 0.1) is 19.7 Å². The standard InChI is InChI=1S/C56H39FN2/c1-36-17-22-41(23-18-36)58(39-11-5-3-6-12-39)43-26-29-48-51(32-43)45-15-9-10-16-46(45)53-34-56-49-30-27-44(59(40-13-7-4-8-14-40)42-24-19-37(2)20-25-42)33-52(49)50-31-38(57)21-28-47(50)54(56)35-55(48)53/h3-35H,1-2H3. The average Bonchev–Trinajstić information content (AvgIpc) is 3.28. The molecule has 0 amide bonds. The van der Waals surface area contributed by atoms with Crippen LogP contribution in [0.4, 0.5) is 38.5 Å². The summed E-state index contributed by atoms with van der Waals surface area (Å²) in [5, 5.41) is 13.5. The molecule has 0 fully saturated rings. The summed E-state index contributed by atoms with van der Waals surface area (Å²) in [6.07, 6.45) is 0. The smallest absolute Gasteiger partial charge is 0.123 e. The molecule has 2 nitrogen and oxygen atoms in total. The number of halogens is 1. The molecule has 11 aromatic carbocycles. The van der Waals surface area contributed by atoms with Gasteiger partial charge < -0.3 is 9.80 Å². The van der Waals surface area contributed by atoms with Gasteiger partial charge in [0, 0.05) is 34.1 Å². The van der Waals surface area contributed by atoms with Crippen LogP contribution in [0.3, 0.4) is 0 Å². The zero-order chi connectivity index (χ0) is 39.6. The zero-order valence-corrected chi connectivity index (χ0v) is 32.8. The third-order valence-corrected chi connectivity index (χ3v) is 11.9. The van der Waals surface area contributed by atoms with E-state index in [2.05, 4.69) is 200 Å². The number of aryl methyl sites for hydroxylation is 2. The van der Waals surface area contributed by atoms with Crippen molar-refractivity contribution in [2.45, 2.75) is 13.8 Å². The number of para-hydroxylation sites is 2. The fourth-order valence-corrected chi connectivity index (χ4v) is 9.11. The van der Waals surface area contributed by atoms with Crippen molar-refractivity contribution in [2.75, 3.05) is 9.80 Å². The molecule has 0 saturated carbocycles. The van der Waals surface area contributed by atoms with Crippen LogP contribution < -0.4 is 9.80 Å². The Bertz CT molecular complexity index is 3400. The molecule has 0 aliphatic carbocycles. The van der Waals surface area contributed by atoms with Gasteiger partial charge in [-0.05, 0) is 176 Å². The number of nitrogens with zero attached hydrogens (tertiary/aromatic N) is 2. The van der Waals surface area contributed by atoms with Crippen molar-refractivity contribution >= 4 is 98.8 Å². The molecule has 0 radical (unpaired) electrons. The van der Waals surface area contributed by atoms with Gasteiger partial charge in [-0.3, -0.25) is 0 Å². The van der Waals surface area contributed by atoms with Gasteiger partial charge in [0.05, 0.1) is 0 Å². The summed E-state index contributed by atoms with van der Waals surface area (Å²) in [6.45, 7) is 4.23. The van der Waals surface area contributed by atoms with Gasteiger partial charge in [0.1, 0.15) is 5.82 Å². The maximum Gasteiger partial charge on any atom is 0.123 e. The minimum absolute atomic E-state index is 0.247. The Hall–Kier alpha value is -7.49. The minimum atomic E-state index is -0.247. The Morgan fingerprint density at radius 1 is 0.254 bits per heavy atom. The SMILES string of the molecule is Cc1ccc(N(c2ccccc2)c2ccc3c(c2)c2ccccc2c2cc4c5ccc(N(c6ccccc6)c6ccc(C)cc6)cc5c5cc(F)ccc5c4cc32)cc1. The van der Waals surface area contributed by atoms with E-state index in [9.17, 15) is 0 Å². The predicted molar refractivity (Wildman–Crippen MR) is 250 cm³/mol. The first-order chi connectivity index (χ1) is 29.0. The molecule has 11 rings (SSSR count). The molecule has 0 N–H and O–H groups in total. The number of rotatable bonds is 6. The highest BCUT2D eigenvalue weighted by Crippen LogP contribution is 2.46. The highest BCUT2D eigenvalue weighted by molar-refractivity contribution is 6.33. The number of benzene rings is 11. The van der Waals surface area contributed by atoms with Crippen molar-refractivity contribution in [3.8, 4) is 0 Å². The van der Waals surface area contributed by atoms with Crippen molar-refractivity contribution in [1.82, 2.24) is 0 Å². The van der Waals surface area contributed by atoms with Crippen molar-refractivity contribution in [3.05, 3.63) is 217 Å². The molecule has 0 atom stereocenters. The second-order valence-corrected chi connectivity index (χ2v) is 15.7. The summed E-state index contributed by atoms with van der Waals surface area (Å²) in [6, 6.07) is 70.7. The van der Waals surface area contributed by atoms with Crippen LogP contribution in [0.15, 0.2) is 200 Å². The number of anilines is 6. The normalized spacial score (nSPS) is 11.6. The lowest BCUT2D eigenvalue weighted by atomic mass is 9.88. The third-order valence-electron chi connectivity index (χ3n) is 11.9. The van der Waals surface area contributed by atoms with Crippen LogP contribution in [-0.4, -0.2) is 0 Å². The van der Waals surface area contributed by atoms with Gasteiger partial charge in [-0.2, -0.15) is 0 Å². The van der Waals surface area contributed by atoms with Crippen molar-refractivity contribution in [3.63, 3.8) is 0 Å². The third kappa shape index (κ3) is 5.85. The van der Waals surface area contributed by atoms with E-state index >= 15 is 4.39 Å². The Kier molecular flexibility index (Phi) is 8.16. The van der Waals surface area contributed by atoms with Crippen LogP contribution in [0.2, 0.25) is 0 Å². The fraction of sp³-hybridized carbons (Fsp3) is 0.0357. The summed E-state index contributed by atoms with van der Waals surface area (Å²) < 4.78 is 15.4. The lowest BCUT2D eigenvalue weighted by molar-refractivity contribution is 0.630. The van der Waals surface area contributed by atoms with Crippen molar-refractivity contribution in [2.24, 2.45) is 0 Å². The van der Waals surface area contributed by atoms with E-state index < -0.39 is 0 Å². The molecule has 59 heavy (non-hydrogen) atoms. The largest absolute Gasteiger partial charge is 0.310 e. The van der Waals surface area contributed by atoms with Gasteiger partial charge in [-0.15, -0.1) is 0 Å². The average molecular weight is 759 g/mol. The van der Waals surface area contributed by atoms with Gasteiger partial charge in [0.25, 0.3) is 0 Å². The summed E-state index contributed by atoms with van der Waals surface area (Å²) in [5.41, 5.74) is 8.88. The molecule has 11 aromatic rings. The Labute approximate surface area is 342 Å². The van der Waals surface area contributed by atoms with Gasteiger partial charge in [0.15, 0.2) is 0 Å². The molecule has 0 aromatic heterocycles. The summed E-state index contributed by atoms with van der Waals surface area (Å²) in [4.78, 5) is 4.61. The summed E-state index contributed by atoms with van der Waals surface area (Å²) >= 11 is 0. The maximum absolute atomic E-state index is 15.4. The number of hydrogen-bond acceptors (Lipinski definition) is 2. The number of fused-ring (bicyclic) bond motifs is 12. The Balaban J connectivity index is 1.18. The quantitative estimate of drug-likeness (QED) is 0.123. The summed E-state index contributed by atoms with van der Waals surface area (Å²) in [7, 11) is 0. The van der Waals surface area contributed by atoms with Crippen LogP contribution in [0.25, 0.3) is 64.6 Å². The summed E-state index contributed by atoms with van der Waals surface area (Å²) in [5.74, 6) is -0.247. The fourth-order valence-electron chi connectivity index (χ4n) is 9.11. The Morgan fingerprint density at radius 3 is 1.00 bits per heavy atom. The Morgan fingerprint density at radius 2 is 0.559 bits per heavy atom. The molecular formula is C56H39FN2. The highest BCUT2D eigenvalue weighted by Gasteiger charge is 2.19. The van der Waals surface area contributed by atoms with E-state index in [0.29, 0.717) is 0 Å². The first kappa shape index (κ1) is 34.7. The van der Waals surface area contributed by atoms with E-state index in [1.807, 2.05) is 12.1 Å². The first-order valence-electron chi connectivity index (χ1n) is 20.2. The maximum atomic E-state index is 15.4. The molecule has 0 unspecified atom stereocenters. The second kappa shape index (κ2) is 13.9. The predicted octanol–water partition coefficient (Wildman–Crippen LogP) is 16.3. The second-order valence-electron chi connectivity index (χ2n) is 15.7. The molecule has 280 valence electrons. The minimum Gasteiger partial charge on any atom is -0.310 e. The lowest BCUT2D eigenvalue weighted by Gasteiger charge is -2.26. The molecule has 0 bridgehead atoms. The molecule has 3 heteroatoms. The molecular weight excluding hydrogens is 720 g/mol. The molecule has 0 heterocycles. The molecule has 0 aliphatic heterocycles. The van der Waals surface area contributed by atoms with Crippen molar-refractivity contribution < 1.29 is 4.39 Å². The van der Waals surface area contributed by atoms with E-state index in [-0.39, 0.29) is 5.82 Å². The van der Waals surface area contributed by atoms with Crippen LogP contribution in [-0.2, 0) is 0 Å². The van der Waals surface area contributed by atoms with Gasteiger partial charge in [-0.25, -0.2) is 4.39 Å². The lowest BCUT2D eigenvalue weighted by Crippen LogP contribution is -2.09. The zero-order valence-electron chi connectivity index (χ0n) is 32.8. The molecule has 0 aliphatic rings. The van der Waals surface area contributed by atoms with E-state index in [1.54, 1.807) is 12.1 Å². The van der Waals surface area contributed by atoms with Gasteiger partial charge in [0.2, 0.25) is 0 Å². The topological polar surface area (TPSA) is 6.48 Å².